The number of hydrogen-bond acceptors (Lipinski definition) is 4. The zero-order chi connectivity index (χ0) is 16.5. The van der Waals surface area contributed by atoms with Crippen LogP contribution in [0.1, 0.15) is 46.6 Å². The summed E-state index contributed by atoms with van der Waals surface area (Å²) in [6, 6.07) is 15.7. The van der Waals surface area contributed by atoms with E-state index in [9.17, 15) is 4.79 Å². The normalized spacial score (nSPS) is 15.4. The molecule has 0 spiro atoms. The first-order valence-electron chi connectivity index (χ1n) is 8.21. The van der Waals surface area contributed by atoms with Gasteiger partial charge in [0.2, 0.25) is 0 Å². The summed E-state index contributed by atoms with van der Waals surface area (Å²) in [6.45, 7) is 0.317. The Hall–Kier alpha value is -2.66. The maximum absolute atomic E-state index is 12.4. The molecule has 4 rings (SSSR count). The second-order valence-corrected chi connectivity index (χ2v) is 6.26. The van der Waals surface area contributed by atoms with E-state index in [1.807, 2.05) is 30.3 Å². The van der Waals surface area contributed by atoms with Gasteiger partial charge in [-0.05, 0) is 35.2 Å². The van der Waals surface area contributed by atoms with Gasteiger partial charge in [-0.3, -0.25) is 4.79 Å². The van der Waals surface area contributed by atoms with Crippen LogP contribution in [0.25, 0.3) is 10.8 Å². The van der Waals surface area contributed by atoms with Crippen molar-refractivity contribution in [2.24, 2.45) is 5.73 Å². The molecule has 0 saturated heterocycles. The number of nitrogens with two attached hydrogens (primary N) is 1. The Morgan fingerprint density at radius 1 is 1.21 bits per heavy atom. The highest BCUT2D eigenvalue weighted by Gasteiger charge is 2.29. The Bertz CT molecular complexity index is 883. The highest BCUT2D eigenvalue weighted by molar-refractivity contribution is 5.92. The quantitative estimate of drug-likeness (QED) is 0.756. The maximum atomic E-state index is 12.4. The van der Waals surface area contributed by atoms with Gasteiger partial charge in [-0.15, -0.1) is 0 Å². The first-order valence-corrected chi connectivity index (χ1v) is 8.21. The fourth-order valence-corrected chi connectivity index (χ4v) is 2.89. The summed E-state index contributed by atoms with van der Waals surface area (Å²) in [5, 5.41) is 9.12. The van der Waals surface area contributed by atoms with Crippen LogP contribution in [0.3, 0.4) is 0 Å². The lowest BCUT2D eigenvalue weighted by Crippen LogP contribution is -2.33. The number of rotatable bonds is 5. The van der Waals surface area contributed by atoms with Crippen molar-refractivity contribution < 1.29 is 9.32 Å². The number of carbonyl (C=O) groups excluding carboxylic acids is 1. The smallest absolute Gasteiger partial charge is 0.274 e. The van der Waals surface area contributed by atoms with Crippen LogP contribution < -0.4 is 11.1 Å². The molecule has 5 heteroatoms. The SMILES string of the molecule is NCC(NC(=O)c1cc(C2CC2)on1)c1ccc2ccccc2c1. The minimum atomic E-state index is -0.261. The molecule has 5 nitrogen and oxygen atoms in total. The number of aromatic nitrogens is 1. The monoisotopic (exact) mass is 321 g/mol. The molecule has 1 heterocycles. The predicted molar refractivity (Wildman–Crippen MR) is 91.7 cm³/mol. The first kappa shape index (κ1) is 14.9. The van der Waals surface area contributed by atoms with Crippen LogP contribution in [0.15, 0.2) is 53.1 Å². The van der Waals surface area contributed by atoms with E-state index < -0.39 is 0 Å². The van der Waals surface area contributed by atoms with Crippen LogP contribution in [0.5, 0.6) is 0 Å². The van der Waals surface area contributed by atoms with Crippen LogP contribution in [-0.4, -0.2) is 17.6 Å². The summed E-state index contributed by atoms with van der Waals surface area (Å²) in [5.74, 6) is 0.981. The Morgan fingerprint density at radius 2 is 2.00 bits per heavy atom. The summed E-state index contributed by atoms with van der Waals surface area (Å²) in [6.07, 6.45) is 2.22. The molecule has 122 valence electrons. The molecule has 1 unspecified atom stereocenters. The van der Waals surface area contributed by atoms with Gasteiger partial charge < -0.3 is 15.6 Å². The Morgan fingerprint density at radius 3 is 2.75 bits per heavy atom. The molecule has 24 heavy (non-hydrogen) atoms. The van der Waals surface area contributed by atoms with Gasteiger partial charge in [-0.2, -0.15) is 0 Å². The summed E-state index contributed by atoms with van der Waals surface area (Å²) in [7, 11) is 0. The van der Waals surface area contributed by atoms with Crippen molar-refractivity contribution in [2.45, 2.75) is 24.8 Å². The van der Waals surface area contributed by atoms with Crippen LogP contribution in [0.4, 0.5) is 0 Å². The van der Waals surface area contributed by atoms with Crippen molar-refractivity contribution in [1.82, 2.24) is 10.5 Å². The maximum Gasteiger partial charge on any atom is 0.274 e. The highest BCUT2D eigenvalue weighted by Crippen LogP contribution is 2.40. The van der Waals surface area contributed by atoms with Crippen molar-refractivity contribution in [1.29, 1.82) is 0 Å². The molecule has 1 aliphatic carbocycles. The van der Waals surface area contributed by atoms with E-state index in [0.29, 0.717) is 18.2 Å². The fourth-order valence-electron chi connectivity index (χ4n) is 2.89. The molecule has 0 bridgehead atoms. The minimum absolute atomic E-state index is 0.255. The van der Waals surface area contributed by atoms with Gasteiger partial charge >= 0.3 is 0 Å². The van der Waals surface area contributed by atoms with Gasteiger partial charge in [0.15, 0.2) is 5.69 Å². The molecule has 0 aliphatic heterocycles. The van der Waals surface area contributed by atoms with E-state index in [-0.39, 0.29) is 11.9 Å². The predicted octanol–water partition coefficient (Wildman–Crippen LogP) is 3.14. The Balaban J connectivity index is 1.54. The van der Waals surface area contributed by atoms with Gasteiger partial charge in [-0.25, -0.2) is 0 Å². The zero-order valence-corrected chi connectivity index (χ0v) is 13.2. The van der Waals surface area contributed by atoms with Gasteiger partial charge in [0.25, 0.3) is 5.91 Å². The van der Waals surface area contributed by atoms with Crippen LogP contribution in [0, 0.1) is 0 Å². The van der Waals surface area contributed by atoms with Crippen LogP contribution >= 0.6 is 0 Å². The molecule has 1 aromatic heterocycles. The first-order chi connectivity index (χ1) is 11.7. The molecule has 3 aromatic rings. The minimum Gasteiger partial charge on any atom is -0.360 e. The number of nitrogens with zero attached hydrogens (tertiary/aromatic N) is 1. The summed E-state index contributed by atoms with van der Waals surface area (Å²) in [5.41, 5.74) is 7.18. The lowest BCUT2D eigenvalue weighted by Gasteiger charge is -2.17. The second kappa shape index (κ2) is 6.09. The third-order valence-electron chi connectivity index (χ3n) is 4.46. The van der Waals surface area contributed by atoms with Gasteiger partial charge in [0.05, 0.1) is 6.04 Å². The fraction of sp³-hybridized carbons (Fsp3) is 0.263. The molecular weight excluding hydrogens is 302 g/mol. The number of benzene rings is 2. The average Bonchev–Trinajstić information content (AvgIpc) is 3.36. The average molecular weight is 321 g/mol. The van der Waals surface area contributed by atoms with E-state index >= 15 is 0 Å². The summed E-state index contributed by atoms with van der Waals surface area (Å²) < 4.78 is 5.25. The Labute approximate surface area is 139 Å². The summed E-state index contributed by atoms with van der Waals surface area (Å²) in [4.78, 5) is 12.4. The molecule has 2 aromatic carbocycles. The third-order valence-corrected chi connectivity index (χ3v) is 4.46. The van der Waals surface area contributed by atoms with Crippen molar-refractivity contribution in [3.8, 4) is 0 Å². The van der Waals surface area contributed by atoms with E-state index in [2.05, 4.69) is 22.6 Å². The zero-order valence-electron chi connectivity index (χ0n) is 13.2. The molecule has 1 fully saturated rings. The molecule has 1 atom stereocenters. The lowest BCUT2D eigenvalue weighted by atomic mass is 10.0. The van der Waals surface area contributed by atoms with Gasteiger partial charge in [0.1, 0.15) is 5.76 Å². The second-order valence-electron chi connectivity index (χ2n) is 6.26. The molecular formula is C19H19N3O2. The third kappa shape index (κ3) is 2.90. The topological polar surface area (TPSA) is 81.1 Å². The van der Waals surface area contributed by atoms with E-state index in [4.69, 9.17) is 10.3 Å². The van der Waals surface area contributed by atoms with Crippen LogP contribution in [0.2, 0.25) is 0 Å². The Kier molecular flexibility index (Phi) is 3.78. The van der Waals surface area contributed by atoms with Crippen molar-refractivity contribution in [2.75, 3.05) is 6.54 Å². The van der Waals surface area contributed by atoms with E-state index in [1.54, 1.807) is 6.07 Å². The molecule has 3 N–H and O–H groups in total. The molecule has 0 radical (unpaired) electrons. The van der Waals surface area contributed by atoms with Crippen LogP contribution in [-0.2, 0) is 0 Å². The molecule has 1 aliphatic rings. The number of fused-ring (bicyclic) bond motifs is 1. The number of amides is 1. The van der Waals surface area contributed by atoms with Gasteiger partial charge in [-0.1, -0.05) is 41.6 Å². The van der Waals surface area contributed by atoms with E-state index in [0.717, 1.165) is 34.9 Å². The number of hydrogen-bond donors (Lipinski definition) is 2. The summed E-state index contributed by atoms with van der Waals surface area (Å²) >= 11 is 0. The van der Waals surface area contributed by atoms with Gasteiger partial charge in [0, 0.05) is 18.5 Å². The molecule has 1 amide bonds. The van der Waals surface area contributed by atoms with Crippen molar-refractivity contribution in [3.63, 3.8) is 0 Å². The molecule has 1 saturated carbocycles. The standard InChI is InChI=1S/C19H19N3O2/c20-11-17(15-8-5-12-3-1-2-4-14(12)9-15)21-19(23)16-10-18(24-22-16)13-6-7-13/h1-5,8-10,13,17H,6-7,11,20H2,(H,21,23). The largest absolute Gasteiger partial charge is 0.360 e. The van der Waals surface area contributed by atoms with E-state index in [1.165, 1.54) is 0 Å². The van der Waals surface area contributed by atoms with Crippen molar-refractivity contribution >= 4 is 16.7 Å². The lowest BCUT2D eigenvalue weighted by molar-refractivity contribution is 0.0928. The number of carbonyl (C=O) groups is 1. The highest BCUT2D eigenvalue weighted by atomic mass is 16.5. The number of nitrogens with one attached hydrogen (secondary N) is 1. The van der Waals surface area contributed by atoms with Crippen molar-refractivity contribution in [3.05, 3.63) is 65.5 Å².